The van der Waals surface area contributed by atoms with Gasteiger partial charge in [0, 0.05) is 19.4 Å². The lowest BCUT2D eigenvalue weighted by Gasteiger charge is -2.43. The normalized spacial score (nSPS) is 24.2. The molecule has 1 spiro atoms. The van der Waals surface area contributed by atoms with Crippen molar-refractivity contribution in [1.82, 2.24) is 4.90 Å². The van der Waals surface area contributed by atoms with Crippen LogP contribution in [0.4, 0.5) is 0 Å². The quantitative estimate of drug-likeness (QED) is 0.479. The van der Waals surface area contributed by atoms with Gasteiger partial charge in [0.05, 0.1) is 26.4 Å². The first kappa shape index (κ1) is 18.4. The average Bonchev–Trinajstić information content (AvgIpc) is 3.12. The van der Waals surface area contributed by atoms with Crippen molar-refractivity contribution in [3.63, 3.8) is 0 Å². The zero-order valence-corrected chi connectivity index (χ0v) is 16.0. The Morgan fingerprint density at radius 1 is 1.37 bits per heavy atom. The molecule has 1 aliphatic carbocycles. The molecule has 1 unspecified atom stereocenters. The van der Waals surface area contributed by atoms with Crippen molar-refractivity contribution in [2.45, 2.75) is 43.9 Å². The van der Waals surface area contributed by atoms with Gasteiger partial charge in [-0.2, -0.15) is 0 Å². The third-order valence-corrected chi connectivity index (χ3v) is 6.19. The van der Waals surface area contributed by atoms with Crippen LogP contribution < -0.4 is 10.2 Å². The van der Waals surface area contributed by atoms with Gasteiger partial charge >= 0.3 is 0 Å². The van der Waals surface area contributed by atoms with E-state index in [-0.39, 0.29) is 11.8 Å². The van der Waals surface area contributed by atoms with Crippen molar-refractivity contribution in [3.8, 4) is 11.5 Å². The number of benzene rings is 1. The Kier molecular flexibility index (Phi) is 4.91. The number of rotatable bonds is 4. The number of hydrogen-bond donors (Lipinski definition) is 1. The number of carbonyl (C=O) groups excluding carboxylic acids is 1. The number of ether oxygens (including phenoxy) is 3. The van der Waals surface area contributed by atoms with Gasteiger partial charge in [0.2, 0.25) is 6.41 Å². The first-order valence-corrected chi connectivity index (χ1v) is 9.61. The molecular formula is C20H26BNO5. The largest absolute Gasteiger partial charge is 0.504 e. The maximum atomic E-state index is 11.7. The van der Waals surface area contributed by atoms with Gasteiger partial charge in [-0.15, -0.1) is 0 Å². The second-order valence-electron chi connectivity index (χ2n) is 7.68. The molecule has 0 radical (unpaired) electrons. The molecule has 2 heterocycles. The first-order chi connectivity index (χ1) is 13.0. The Morgan fingerprint density at radius 2 is 2.15 bits per heavy atom. The van der Waals surface area contributed by atoms with Crippen molar-refractivity contribution in [3.05, 3.63) is 28.8 Å². The predicted octanol–water partition coefficient (Wildman–Crippen LogP) is 0.656. The SMILES string of the molecule is Bc1cc(OC)c(O)cc1CC1C2=C(CCN1C=O)CC1(CC2)OCCO1. The van der Waals surface area contributed by atoms with Gasteiger partial charge in [-0.05, 0) is 42.5 Å². The fourth-order valence-corrected chi connectivity index (χ4v) is 4.72. The Balaban J connectivity index is 1.63. The molecule has 1 amide bonds. The maximum absolute atomic E-state index is 11.7. The number of amides is 1. The molecular weight excluding hydrogens is 345 g/mol. The zero-order valence-electron chi connectivity index (χ0n) is 16.0. The molecule has 0 aromatic heterocycles. The Morgan fingerprint density at radius 3 is 2.85 bits per heavy atom. The van der Waals surface area contributed by atoms with Crippen LogP contribution >= 0.6 is 0 Å². The van der Waals surface area contributed by atoms with Crippen LogP contribution in [0.5, 0.6) is 11.5 Å². The van der Waals surface area contributed by atoms with Crippen LogP contribution in [0.15, 0.2) is 23.3 Å². The van der Waals surface area contributed by atoms with Crippen LogP contribution in [0.1, 0.15) is 31.2 Å². The molecule has 3 aliphatic rings. The summed E-state index contributed by atoms with van der Waals surface area (Å²) >= 11 is 0. The highest BCUT2D eigenvalue weighted by molar-refractivity contribution is 6.33. The summed E-state index contributed by atoms with van der Waals surface area (Å²) in [4.78, 5) is 13.6. The average molecular weight is 371 g/mol. The minimum atomic E-state index is -0.443. The number of phenols is 1. The minimum absolute atomic E-state index is 0.0245. The lowest BCUT2D eigenvalue weighted by atomic mass is 9.77. The summed E-state index contributed by atoms with van der Waals surface area (Å²) in [5.74, 6) is 0.166. The summed E-state index contributed by atoms with van der Waals surface area (Å²) in [5.41, 5.74) is 4.81. The molecule has 1 saturated heterocycles. The fourth-order valence-electron chi connectivity index (χ4n) is 4.72. The number of methoxy groups -OCH3 is 1. The molecule has 1 aromatic carbocycles. The fraction of sp³-hybridized carbons (Fsp3) is 0.550. The van der Waals surface area contributed by atoms with E-state index in [0.29, 0.717) is 31.9 Å². The van der Waals surface area contributed by atoms with E-state index >= 15 is 0 Å². The smallest absolute Gasteiger partial charge is 0.210 e. The van der Waals surface area contributed by atoms with Crippen LogP contribution in [-0.2, 0) is 20.7 Å². The molecule has 144 valence electrons. The van der Waals surface area contributed by atoms with E-state index in [1.165, 1.54) is 11.1 Å². The highest BCUT2D eigenvalue weighted by atomic mass is 16.7. The van der Waals surface area contributed by atoms with Gasteiger partial charge in [-0.3, -0.25) is 4.79 Å². The van der Waals surface area contributed by atoms with Crippen molar-refractivity contribution in [1.29, 1.82) is 0 Å². The van der Waals surface area contributed by atoms with Crippen molar-refractivity contribution < 1.29 is 24.1 Å². The molecule has 7 heteroatoms. The third-order valence-electron chi connectivity index (χ3n) is 6.19. The molecule has 27 heavy (non-hydrogen) atoms. The second-order valence-corrected chi connectivity index (χ2v) is 7.68. The number of nitrogens with zero attached hydrogens (tertiary/aromatic N) is 1. The molecule has 0 bridgehead atoms. The van der Waals surface area contributed by atoms with Crippen LogP contribution in [0.3, 0.4) is 0 Å². The van der Waals surface area contributed by atoms with E-state index in [2.05, 4.69) is 0 Å². The maximum Gasteiger partial charge on any atom is 0.210 e. The van der Waals surface area contributed by atoms with Gasteiger partial charge in [0.25, 0.3) is 0 Å². The number of aromatic hydroxyl groups is 1. The number of hydrogen-bond acceptors (Lipinski definition) is 5. The lowest BCUT2D eigenvalue weighted by molar-refractivity contribution is -0.165. The minimum Gasteiger partial charge on any atom is -0.504 e. The summed E-state index contributed by atoms with van der Waals surface area (Å²) in [6.07, 6.45) is 5.05. The number of phenolic OH excluding ortho intramolecular Hbond substituents is 1. The van der Waals surface area contributed by atoms with E-state index in [4.69, 9.17) is 14.2 Å². The van der Waals surface area contributed by atoms with E-state index < -0.39 is 5.79 Å². The Bertz CT molecular complexity index is 772. The highest BCUT2D eigenvalue weighted by Crippen LogP contribution is 2.44. The molecule has 1 fully saturated rings. The first-order valence-electron chi connectivity index (χ1n) is 9.61. The Labute approximate surface area is 160 Å². The summed E-state index contributed by atoms with van der Waals surface area (Å²) in [6.45, 7) is 2.04. The van der Waals surface area contributed by atoms with Crippen molar-refractivity contribution >= 4 is 19.7 Å². The second kappa shape index (κ2) is 7.21. The van der Waals surface area contributed by atoms with Crippen LogP contribution in [0.25, 0.3) is 0 Å². The molecule has 2 aliphatic heterocycles. The lowest BCUT2D eigenvalue weighted by Crippen LogP contribution is -2.46. The Hall–Kier alpha value is -1.99. The molecule has 4 rings (SSSR count). The topological polar surface area (TPSA) is 68.2 Å². The van der Waals surface area contributed by atoms with E-state index in [1.54, 1.807) is 13.2 Å². The molecule has 1 N–H and O–H groups in total. The summed E-state index contributed by atoms with van der Waals surface area (Å²) < 4.78 is 17.0. The van der Waals surface area contributed by atoms with E-state index in [9.17, 15) is 9.90 Å². The van der Waals surface area contributed by atoms with Crippen molar-refractivity contribution in [2.24, 2.45) is 0 Å². The third kappa shape index (κ3) is 3.34. The highest BCUT2D eigenvalue weighted by Gasteiger charge is 2.43. The molecule has 1 aromatic rings. The monoisotopic (exact) mass is 371 g/mol. The summed E-state index contributed by atoms with van der Waals surface area (Å²) in [7, 11) is 3.56. The molecule has 0 saturated carbocycles. The predicted molar refractivity (Wildman–Crippen MR) is 103 cm³/mol. The van der Waals surface area contributed by atoms with Gasteiger partial charge in [0.1, 0.15) is 7.85 Å². The summed E-state index contributed by atoms with van der Waals surface area (Å²) in [6, 6.07) is 3.64. The van der Waals surface area contributed by atoms with E-state index in [0.717, 1.165) is 43.1 Å². The van der Waals surface area contributed by atoms with Gasteiger partial charge in [-0.1, -0.05) is 11.0 Å². The van der Waals surface area contributed by atoms with Crippen LogP contribution in [0, 0.1) is 0 Å². The van der Waals surface area contributed by atoms with Gasteiger partial charge < -0.3 is 24.2 Å². The molecule has 1 atom stereocenters. The standard InChI is InChI=1S/C20H26BNO5/c1-25-19-10-16(21)14(9-18(19)24)8-17-15-2-4-20(26-6-7-27-20)11-13(15)3-5-22(17)12-23/h9-10,12,17,24H,2-8,11,21H2,1H3. The van der Waals surface area contributed by atoms with Crippen molar-refractivity contribution in [2.75, 3.05) is 26.9 Å². The van der Waals surface area contributed by atoms with Gasteiger partial charge in [-0.25, -0.2) is 0 Å². The van der Waals surface area contributed by atoms with E-state index in [1.807, 2.05) is 18.8 Å². The van der Waals surface area contributed by atoms with Gasteiger partial charge in [0.15, 0.2) is 17.3 Å². The number of carbonyl (C=O) groups is 1. The summed E-state index contributed by atoms with van der Waals surface area (Å²) in [5, 5.41) is 10.2. The molecule has 6 nitrogen and oxygen atoms in total. The zero-order chi connectivity index (χ0) is 19.0. The van der Waals surface area contributed by atoms with Crippen LogP contribution in [-0.4, -0.2) is 63.0 Å². The van der Waals surface area contributed by atoms with Crippen LogP contribution in [0.2, 0.25) is 0 Å².